The number of hydrogen-bond donors (Lipinski definition) is 0. The van der Waals surface area contributed by atoms with Gasteiger partial charge in [0.2, 0.25) is 0 Å². The van der Waals surface area contributed by atoms with Crippen LogP contribution in [0.4, 0.5) is 4.39 Å². The van der Waals surface area contributed by atoms with Gasteiger partial charge in [-0.2, -0.15) is 0 Å². The lowest BCUT2D eigenvalue weighted by atomic mass is 10.0. The van der Waals surface area contributed by atoms with E-state index < -0.39 is 11.6 Å². The van der Waals surface area contributed by atoms with Gasteiger partial charge in [-0.15, -0.1) is 0 Å². The summed E-state index contributed by atoms with van der Waals surface area (Å²) in [6.45, 7) is 0. The molecule has 0 aliphatic carbocycles. The zero-order chi connectivity index (χ0) is 14.0. The summed E-state index contributed by atoms with van der Waals surface area (Å²) in [5.74, 6) is -1.15. The highest BCUT2D eigenvalue weighted by atomic mass is 35.5. The van der Waals surface area contributed by atoms with Gasteiger partial charge in [-0.1, -0.05) is 46.9 Å². The smallest absolute Gasteiger partial charge is 0.170 e. The van der Waals surface area contributed by atoms with Gasteiger partial charge in [0, 0.05) is 16.5 Å². The molecule has 0 aliphatic rings. The van der Waals surface area contributed by atoms with Gasteiger partial charge in [-0.05, 0) is 29.8 Å². The first-order valence-corrected chi connectivity index (χ1v) is 6.54. The van der Waals surface area contributed by atoms with Crippen LogP contribution in [0, 0.1) is 5.82 Å². The molecule has 5 heteroatoms. The van der Waals surface area contributed by atoms with Gasteiger partial charge in [0.25, 0.3) is 0 Å². The van der Waals surface area contributed by atoms with Crippen molar-refractivity contribution in [2.45, 2.75) is 6.42 Å². The van der Waals surface area contributed by atoms with E-state index in [0.717, 1.165) is 0 Å². The fraction of sp³-hybridized carbons (Fsp3) is 0.0714. The number of carbonyl (C=O) groups excluding carboxylic acids is 1. The monoisotopic (exact) mass is 316 g/mol. The first-order chi connectivity index (χ1) is 9.00. The summed E-state index contributed by atoms with van der Waals surface area (Å²) >= 11 is 17.6. The van der Waals surface area contributed by atoms with Gasteiger partial charge >= 0.3 is 0 Å². The number of carbonyl (C=O) groups is 1. The van der Waals surface area contributed by atoms with Gasteiger partial charge in [-0.3, -0.25) is 4.79 Å². The van der Waals surface area contributed by atoms with Crippen LogP contribution in [0.1, 0.15) is 15.9 Å². The topological polar surface area (TPSA) is 17.1 Å². The quantitative estimate of drug-likeness (QED) is 0.710. The van der Waals surface area contributed by atoms with Crippen LogP contribution in [0.3, 0.4) is 0 Å². The maximum atomic E-state index is 13.7. The van der Waals surface area contributed by atoms with Gasteiger partial charge in [0.15, 0.2) is 11.6 Å². The lowest BCUT2D eigenvalue weighted by molar-refractivity contribution is 0.0989. The number of hydrogen-bond acceptors (Lipinski definition) is 1. The molecular formula is C14H8Cl3FO. The maximum Gasteiger partial charge on any atom is 0.170 e. The predicted molar refractivity (Wildman–Crippen MR) is 75.9 cm³/mol. The van der Waals surface area contributed by atoms with Crippen molar-refractivity contribution in [3.8, 4) is 0 Å². The molecule has 2 aromatic rings. The minimum atomic E-state index is -0.725. The van der Waals surface area contributed by atoms with E-state index in [4.69, 9.17) is 34.8 Å². The van der Waals surface area contributed by atoms with E-state index >= 15 is 0 Å². The Kier molecular flexibility index (Phi) is 4.46. The van der Waals surface area contributed by atoms with Gasteiger partial charge in [-0.25, -0.2) is 4.39 Å². The highest BCUT2D eigenvalue weighted by Crippen LogP contribution is 2.27. The van der Waals surface area contributed by atoms with Crippen LogP contribution in [-0.2, 0) is 6.42 Å². The van der Waals surface area contributed by atoms with E-state index in [9.17, 15) is 9.18 Å². The molecule has 0 amide bonds. The summed E-state index contributed by atoms with van der Waals surface area (Å²) in [5.41, 5.74) is 0.415. The van der Waals surface area contributed by atoms with E-state index in [1.807, 2.05) is 0 Å². The van der Waals surface area contributed by atoms with Crippen LogP contribution >= 0.6 is 34.8 Å². The molecule has 0 spiro atoms. The Labute approximate surface area is 124 Å². The first kappa shape index (κ1) is 14.3. The van der Waals surface area contributed by atoms with Crippen molar-refractivity contribution in [3.63, 3.8) is 0 Å². The molecule has 0 atom stereocenters. The van der Waals surface area contributed by atoms with E-state index in [1.165, 1.54) is 18.2 Å². The van der Waals surface area contributed by atoms with Crippen LogP contribution in [0.5, 0.6) is 0 Å². The molecular weight excluding hydrogens is 310 g/mol. The summed E-state index contributed by atoms with van der Waals surface area (Å²) in [7, 11) is 0. The number of halogens is 4. The van der Waals surface area contributed by atoms with Crippen molar-refractivity contribution in [3.05, 3.63) is 68.4 Å². The second-order valence-corrected chi connectivity index (χ2v) is 5.12. The third-order valence-corrected chi connectivity index (χ3v) is 3.65. The van der Waals surface area contributed by atoms with E-state index in [2.05, 4.69) is 0 Å². The van der Waals surface area contributed by atoms with Gasteiger partial charge < -0.3 is 0 Å². The Bertz CT molecular complexity index is 620. The predicted octanol–water partition coefficient (Wildman–Crippen LogP) is 5.21. The Balaban J connectivity index is 2.34. The Morgan fingerprint density at radius 1 is 0.947 bits per heavy atom. The van der Waals surface area contributed by atoms with Crippen molar-refractivity contribution in [1.29, 1.82) is 0 Å². The molecule has 0 aromatic heterocycles. The number of ketones is 1. The Hall–Kier alpha value is -1.09. The Morgan fingerprint density at radius 2 is 1.47 bits per heavy atom. The standard InChI is InChI=1S/C14H8Cl3FO/c15-10-4-2-5-11(16)9(10)7-13(19)8-3-1-6-12(17)14(8)18/h1-6H,7H2. The lowest BCUT2D eigenvalue weighted by Gasteiger charge is -2.07. The van der Waals surface area contributed by atoms with Crippen molar-refractivity contribution in [1.82, 2.24) is 0 Å². The molecule has 0 unspecified atom stereocenters. The number of benzene rings is 2. The molecule has 0 radical (unpaired) electrons. The molecule has 0 heterocycles. The van der Waals surface area contributed by atoms with Gasteiger partial charge in [0.05, 0.1) is 10.6 Å². The maximum absolute atomic E-state index is 13.7. The van der Waals surface area contributed by atoms with Crippen LogP contribution in [0.25, 0.3) is 0 Å². The van der Waals surface area contributed by atoms with Crippen LogP contribution in [0.15, 0.2) is 36.4 Å². The molecule has 2 aromatic carbocycles. The summed E-state index contributed by atoms with van der Waals surface area (Å²) in [5, 5.41) is 0.669. The second kappa shape index (κ2) is 5.91. The van der Waals surface area contributed by atoms with Gasteiger partial charge in [0.1, 0.15) is 0 Å². The molecule has 2 rings (SSSR count). The molecule has 0 bridgehead atoms. The highest BCUT2D eigenvalue weighted by Gasteiger charge is 2.17. The normalized spacial score (nSPS) is 10.5. The minimum absolute atomic E-state index is 0.0662. The zero-order valence-electron chi connectivity index (χ0n) is 9.59. The molecule has 98 valence electrons. The molecule has 0 saturated carbocycles. The Morgan fingerprint density at radius 3 is 2.11 bits per heavy atom. The first-order valence-electron chi connectivity index (χ1n) is 5.41. The van der Waals surface area contributed by atoms with E-state index in [0.29, 0.717) is 15.6 Å². The third kappa shape index (κ3) is 3.08. The van der Waals surface area contributed by atoms with Crippen molar-refractivity contribution in [2.75, 3.05) is 0 Å². The second-order valence-electron chi connectivity index (χ2n) is 3.90. The molecule has 19 heavy (non-hydrogen) atoms. The van der Waals surface area contributed by atoms with E-state index in [-0.39, 0.29) is 17.0 Å². The summed E-state index contributed by atoms with van der Waals surface area (Å²) in [6, 6.07) is 9.23. The summed E-state index contributed by atoms with van der Waals surface area (Å²) in [6.07, 6.45) is -0.0736. The summed E-state index contributed by atoms with van der Waals surface area (Å²) < 4.78 is 13.7. The van der Waals surface area contributed by atoms with Crippen LogP contribution in [-0.4, -0.2) is 5.78 Å². The number of rotatable bonds is 3. The SMILES string of the molecule is O=C(Cc1c(Cl)cccc1Cl)c1cccc(Cl)c1F. The zero-order valence-corrected chi connectivity index (χ0v) is 11.9. The third-order valence-electron chi connectivity index (χ3n) is 2.65. The van der Waals surface area contributed by atoms with E-state index in [1.54, 1.807) is 18.2 Å². The fourth-order valence-corrected chi connectivity index (χ4v) is 2.38. The summed E-state index contributed by atoms with van der Waals surface area (Å²) in [4.78, 5) is 12.1. The molecule has 0 N–H and O–H groups in total. The van der Waals surface area contributed by atoms with Crippen LogP contribution in [0.2, 0.25) is 15.1 Å². The lowest BCUT2D eigenvalue weighted by Crippen LogP contribution is -2.07. The highest BCUT2D eigenvalue weighted by molar-refractivity contribution is 6.36. The molecule has 0 saturated heterocycles. The average molecular weight is 318 g/mol. The fourth-order valence-electron chi connectivity index (χ4n) is 1.68. The number of Topliss-reactive ketones (excluding diaryl/α,β-unsaturated/α-hetero) is 1. The van der Waals surface area contributed by atoms with Crippen molar-refractivity contribution >= 4 is 40.6 Å². The minimum Gasteiger partial charge on any atom is -0.294 e. The largest absolute Gasteiger partial charge is 0.294 e. The van der Waals surface area contributed by atoms with Crippen molar-refractivity contribution < 1.29 is 9.18 Å². The average Bonchev–Trinajstić information content (AvgIpc) is 2.37. The van der Waals surface area contributed by atoms with Crippen molar-refractivity contribution in [2.24, 2.45) is 0 Å². The molecule has 0 fully saturated rings. The van der Waals surface area contributed by atoms with Crippen LogP contribution < -0.4 is 0 Å². The molecule has 0 aliphatic heterocycles. The molecule has 1 nitrogen and oxygen atoms in total.